The van der Waals surface area contributed by atoms with Crippen molar-refractivity contribution in [3.05, 3.63) is 53.8 Å². The largest absolute Gasteiger partial charge is 0.439 e. The molecule has 0 spiro atoms. The molecule has 4 N–H and O–H groups in total. The number of nitrogens with one attached hydrogen (secondary N) is 2. The number of benzene rings is 1. The molecular weight excluding hydrogens is 931 g/mol. The van der Waals surface area contributed by atoms with Crippen molar-refractivity contribution in [1.29, 1.82) is 0 Å². The maximum absolute atomic E-state index is 15.4. The molecule has 382 valence electrons. The zero-order chi connectivity index (χ0) is 50.6. The SMILES string of the molecule is CC(C)(C1CCN(C(=O)COC(=O)N2CCC(c3cnc(-c4c(-c5nn(C(C)(C)C)c6ncnc(N)c56)noc4C4CC4)nc3)CC2)CC1)N1CCN(c2c(F)cc(NC3CCC(=O)NC3=O)cc2F)CC1. The van der Waals surface area contributed by atoms with E-state index in [1.54, 1.807) is 14.7 Å². The highest BCUT2D eigenvalue weighted by molar-refractivity contribution is 6.02. The Labute approximate surface area is 415 Å². The Morgan fingerprint density at radius 2 is 1.50 bits per heavy atom. The van der Waals surface area contributed by atoms with Crippen LogP contribution < -0.4 is 21.3 Å². The van der Waals surface area contributed by atoms with Crippen molar-refractivity contribution < 1.29 is 37.2 Å². The predicted molar refractivity (Wildman–Crippen MR) is 261 cm³/mol. The summed E-state index contributed by atoms with van der Waals surface area (Å²) in [4.78, 5) is 76.1. The van der Waals surface area contributed by atoms with E-state index < -0.39 is 35.2 Å². The lowest BCUT2D eigenvalue weighted by Gasteiger charge is -2.50. The summed E-state index contributed by atoms with van der Waals surface area (Å²) in [6.45, 7) is 14.2. The number of halogens is 2. The molecule has 1 aliphatic carbocycles. The lowest BCUT2D eigenvalue weighted by atomic mass is 9.78. The Morgan fingerprint density at radius 1 is 0.833 bits per heavy atom. The fraction of sp³-hybridized carbons (Fsp3) is 0.560. The second kappa shape index (κ2) is 19.3. The van der Waals surface area contributed by atoms with Crippen LogP contribution in [0.15, 0.2) is 35.4 Å². The van der Waals surface area contributed by atoms with Gasteiger partial charge in [0.15, 0.2) is 35.5 Å². The van der Waals surface area contributed by atoms with Gasteiger partial charge in [0.2, 0.25) is 11.8 Å². The molecule has 5 aliphatic rings. The molecule has 0 radical (unpaired) electrons. The fourth-order valence-corrected chi connectivity index (χ4v) is 10.9. The first-order chi connectivity index (χ1) is 34.4. The minimum absolute atomic E-state index is 0.101. The summed E-state index contributed by atoms with van der Waals surface area (Å²) >= 11 is 0. The Morgan fingerprint density at radius 3 is 2.14 bits per heavy atom. The summed E-state index contributed by atoms with van der Waals surface area (Å²) in [6, 6.07) is 1.63. The fourth-order valence-electron chi connectivity index (χ4n) is 10.9. The minimum atomic E-state index is -0.752. The number of piperidine rings is 3. The van der Waals surface area contributed by atoms with Crippen molar-refractivity contribution in [3.63, 3.8) is 0 Å². The molecule has 4 aliphatic heterocycles. The predicted octanol–water partition coefficient (Wildman–Crippen LogP) is 5.80. The van der Waals surface area contributed by atoms with Crippen LogP contribution in [-0.4, -0.2) is 144 Å². The number of rotatable bonds is 11. The van der Waals surface area contributed by atoms with E-state index in [1.807, 2.05) is 37.8 Å². The van der Waals surface area contributed by atoms with Gasteiger partial charge in [0.1, 0.15) is 35.3 Å². The van der Waals surface area contributed by atoms with Gasteiger partial charge in [-0.25, -0.2) is 38.2 Å². The summed E-state index contributed by atoms with van der Waals surface area (Å²) in [6.07, 6.45) is 9.82. The van der Waals surface area contributed by atoms with Crippen molar-refractivity contribution in [3.8, 4) is 22.8 Å². The molecular formula is C50H62F2N14O6. The van der Waals surface area contributed by atoms with Crippen molar-refractivity contribution >= 4 is 52.0 Å². The first-order valence-electron chi connectivity index (χ1n) is 25.0. The summed E-state index contributed by atoms with van der Waals surface area (Å²) < 4.78 is 44.2. The molecule has 0 bridgehead atoms. The number of nitrogen functional groups attached to an aromatic ring is 1. The number of fused-ring (bicyclic) bond motifs is 1. The van der Waals surface area contributed by atoms with Crippen molar-refractivity contribution in [2.75, 3.05) is 74.9 Å². The Hall–Kier alpha value is -6.84. The number of amides is 4. The van der Waals surface area contributed by atoms with Gasteiger partial charge in [0, 0.05) is 88.3 Å². The van der Waals surface area contributed by atoms with Gasteiger partial charge in [-0.1, -0.05) is 5.16 Å². The Kier molecular flexibility index (Phi) is 13.1. The third kappa shape index (κ3) is 9.63. The van der Waals surface area contributed by atoms with E-state index in [0.29, 0.717) is 105 Å². The number of ether oxygens (including phenoxy) is 1. The Bertz CT molecular complexity index is 2850. The van der Waals surface area contributed by atoms with Crippen molar-refractivity contribution in [1.82, 2.24) is 54.9 Å². The van der Waals surface area contributed by atoms with Gasteiger partial charge >= 0.3 is 6.09 Å². The second-order valence-electron chi connectivity index (χ2n) is 21.3. The van der Waals surface area contributed by atoms with E-state index in [2.05, 4.69) is 44.5 Å². The van der Waals surface area contributed by atoms with Crippen LogP contribution in [0.25, 0.3) is 33.8 Å². The molecule has 72 heavy (non-hydrogen) atoms. The van der Waals surface area contributed by atoms with Gasteiger partial charge in [0.25, 0.3) is 5.91 Å². The van der Waals surface area contributed by atoms with E-state index in [0.717, 1.165) is 37.0 Å². The van der Waals surface area contributed by atoms with Crippen LogP contribution in [0.1, 0.15) is 109 Å². The van der Waals surface area contributed by atoms with E-state index in [1.165, 1.54) is 18.5 Å². The Balaban J connectivity index is 0.683. The molecule has 1 saturated carbocycles. The number of likely N-dealkylation sites (tertiary alicyclic amines) is 2. The van der Waals surface area contributed by atoms with Crippen LogP contribution in [0.5, 0.6) is 0 Å². The average Bonchev–Trinajstić information content (AvgIpc) is 3.98. The van der Waals surface area contributed by atoms with Crippen molar-refractivity contribution in [2.24, 2.45) is 5.92 Å². The highest BCUT2D eigenvalue weighted by atomic mass is 19.1. The zero-order valence-corrected chi connectivity index (χ0v) is 41.4. The number of anilines is 3. The molecule has 5 aromatic rings. The van der Waals surface area contributed by atoms with Gasteiger partial charge < -0.3 is 35.0 Å². The number of hydrogen-bond acceptors (Lipinski definition) is 16. The van der Waals surface area contributed by atoms with Crippen LogP contribution >= 0.6 is 0 Å². The number of hydrogen-bond donors (Lipinski definition) is 3. The smallest absolute Gasteiger partial charge is 0.410 e. The van der Waals surface area contributed by atoms with E-state index in [9.17, 15) is 19.2 Å². The molecule has 4 aromatic heterocycles. The number of carbonyl (C=O) groups is 4. The normalized spacial score (nSPS) is 20.0. The van der Waals surface area contributed by atoms with Crippen LogP contribution in [0.4, 0.5) is 30.8 Å². The first-order valence-corrected chi connectivity index (χ1v) is 25.0. The summed E-state index contributed by atoms with van der Waals surface area (Å²) in [7, 11) is 0. The van der Waals surface area contributed by atoms with Crippen LogP contribution in [0, 0.1) is 17.6 Å². The zero-order valence-electron chi connectivity index (χ0n) is 41.4. The summed E-state index contributed by atoms with van der Waals surface area (Å²) in [5, 5.41) is 15.1. The van der Waals surface area contributed by atoms with E-state index >= 15 is 8.78 Å². The topological polar surface area (TPSA) is 236 Å². The molecule has 1 unspecified atom stereocenters. The third-order valence-corrected chi connectivity index (χ3v) is 15.3. The van der Waals surface area contributed by atoms with Gasteiger partial charge in [-0.2, -0.15) is 5.10 Å². The molecule has 22 heteroatoms. The third-order valence-electron chi connectivity index (χ3n) is 15.3. The van der Waals surface area contributed by atoms with Gasteiger partial charge in [-0.15, -0.1) is 0 Å². The van der Waals surface area contributed by atoms with Gasteiger partial charge in [-0.05, 0) is 109 Å². The average molecular weight is 993 g/mol. The maximum atomic E-state index is 15.4. The second-order valence-corrected chi connectivity index (χ2v) is 21.3. The first kappa shape index (κ1) is 48.8. The number of nitrogens with zero attached hydrogens (tertiary/aromatic N) is 11. The maximum Gasteiger partial charge on any atom is 0.410 e. The van der Waals surface area contributed by atoms with Gasteiger partial charge in [0.05, 0.1) is 16.5 Å². The van der Waals surface area contributed by atoms with Crippen LogP contribution in [0.3, 0.4) is 0 Å². The highest BCUT2D eigenvalue weighted by Crippen LogP contribution is 2.48. The highest BCUT2D eigenvalue weighted by Gasteiger charge is 2.41. The minimum Gasteiger partial charge on any atom is -0.439 e. The lowest BCUT2D eigenvalue weighted by molar-refractivity contribution is -0.137. The monoisotopic (exact) mass is 992 g/mol. The van der Waals surface area contributed by atoms with Crippen LogP contribution in [-0.2, 0) is 24.7 Å². The number of aromatic nitrogens is 7. The molecule has 5 fully saturated rings. The molecule has 4 saturated heterocycles. The number of carbonyl (C=O) groups excluding carboxylic acids is 4. The number of nitrogens with two attached hydrogens (primary N) is 1. The quantitative estimate of drug-likeness (QED) is 0.133. The molecule has 1 aromatic carbocycles. The van der Waals surface area contributed by atoms with Crippen molar-refractivity contribution in [2.45, 2.75) is 115 Å². The number of piperazine rings is 1. The summed E-state index contributed by atoms with van der Waals surface area (Å²) in [5.74, 6) is -0.471. The van der Waals surface area contributed by atoms with Crippen LogP contribution in [0.2, 0.25) is 0 Å². The number of imide groups is 1. The van der Waals surface area contributed by atoms with E-state index in [-0.39, 0.29) is 65.9 Å². The molecule has 20 nitrogen and oxygen atoms in total. The molecule has 1 atom stereocenters. The lowest BCUT2D eigenvalue weighted by Crippen LogP contribution is -2.59. The standard InChI is InChI=1S/C50H62F2N14O6/c1-49(2,3)66-46-39(44(53)56-27-57-46)40(60-66)41-38(43(72-61-41)29-6-7-29)45-54-24-30(25-55-45)28-10-14-64(15-11-28)48(70)71-26-37(68)62-16-12-31(13-17-62)50(4,5)65-20-18-63(19-21-65)42-33(51)22-32(23-34(42)52)58-35-8-9-36(67)59-47(35)69/h22-25,27-29,31,35,58H,6-21,26H2,1-5H3,(H2,53,56,57)(H,59,67,69). The summed E-state index contributed by atoms with van der Waals surface area (Å²) in [5.41, 5.74) is 9.05. The van der Waals surface area contributed by atoms with E-state index in [4.69, 9.17) is 30.1 Å². The van der Waals surface area contributed by atoms with Gasteiger partial charge in [-0.3, -0.25) is 24.6 Å². The molecule has 8 heterocycles. The molecule has 10 rings (SSSR count). The molecule has 4 amide bonds.